The minimum Gasteiger partial charge on any atom is -0.384 e. The van der Waals surface area contributed by atoms with Crippen molar-refractivity contribution in [3.63, 3.8) is 0 Å². The summed E-state index contributed by atoms with van der Waals surface area (Å²) < 4.78 is 39.6. The van der Waals surface area contributed by atoms with Gasteiger partial charge in [-0.05, 0) is 17.7 Å². The zero-order valence-corrected chi connectivity index (χ0v) is 10.2. The van der Waals surface area contributed by atoms with Crippen LogP contribution in [0.3, 0.4) is 0 Å². The summed E-state index contributed by atoms with van der Waals surface area (Å²) >= 11 is 0. The maximum atomic E-state index is 13.3. The number of nitrogens with one attached hydrogen (secondary N) is 1. The van der Waals surface area contributed by atoms with E-state index in [4.69, 9.17) is 16.3 Å². The van der Waals surface area contributed by atoms with Gasteiger partial charge in [0.25, 0.3) is 5.56 Å². The Kier molecular flexibility index (Phi) is 3.38. The average molecular weight is 290 g/mol. The molecule has 104 valence electrons. The Morgan fingerprint density at radius 1 is 1.05 bits per heavy atom. The normalized spacial score (nSPS) is 9.95. The molecule has 2 rings (SSSR count). The van der Waals surface area contributed by atoms with E-state index in [0.29, 0.717) is 12.1 Å². The zero-order valence-electron chi connectivity index (χ0n) is 10.2. The lowest BCUT2D eigenvalue weighted by atomic mass is 9.96. The molecule has 3 N–H and O–H groups in total. The number of nitriles is 2. The van der Waals surface area contributed by atoms with Crippen LogP contribution in [0.5, 0.6) is 0 Å². The molecule has 0 radical (unpaired) electrons. The van der Waals surface area contributed by atoms with Gasteiger partial charge in [0.15, 0.2) is 17.5 Å². The van der Waals surface area contributed by atoms with E-state index in [1.165, 1.54) is 6.07 Å². The lowest BCUT2D eigenvalue weighted by Crippen LogP contribution is -2.16. The van der Waals surface area contributed by atoms with Gasteiger partial charge in [-0.25, -0.2) is 13.2 Å². The van der Waals surface area contributed by atoms with Crippen molar-refractivity contribution in [2.24, 2.45) is 0 Å². The van der Waals surface area contributed by atoms with Crippen LogP contribution in [0.2, 0.25) is 0 Å². The summed E-state index contributed by atoms with van der Waals surface area (Å²) in [4.78, 5) is 13.7. The second-order valence-corrected chi connectivity index (χ2v) is 3.97. The van der Waals surface area contributed by atoms with Gasteiger partial charge in [0.05, 0.1) is 0 Å². The van der Waals surface area contributed by atoms with E-state index in [1.807, 2.05) is 0 Å². The number of pyridine rings is 1. The number of nitrogens with zero attached hydrogens (tertiary/aromatic N) is 2. The van der Waals surface area contributed by atoms with Crippen molar-refractivity contribution in [2.45, 2.75) is 0 Å². The summed E-state index contributed by atoms with van der Waals surface area (Å²) in [7, 11) is 0. The number of hydrogen-bond donors (Lipinski definition) is 2. The molecule has 0 atom stereocenters. The zero-order chi connectivity index (χ0) is 15.7. The fourth-order valence-electron chi connectivity index (χ4n) is 1.83. The van der Waals surface area contributed by atoms with Crippen LogP contribution in [0.15, 0.2) is 16.9 Å². The van der Waals surface area contributed by atoms with Crippen molar-refractivity contribution in [1.29, 1.82) is 10.5 Å². The highest BCUT2D eigenvalue weighted by atomic mass is 19.2. The van der Waals surface area contributed by atoms with E-state index in [2.05, 4.69) is 4.98 Å². The summed E-state index contributed by atoms with van der Waals surface area (Å²) in [5.41, 5.74) is 2.96. The monoisotopic (exact) mass is 290 g/mol. The van der Waals surface area contributed by atoms with Gasteiger partial charge in [0.1, 0.15) is 29.1 Å². The van der Waals surface area contributed by atoms with Gasteiger partial charge in [-0.3, -0.25) is 4.79 Å². The molecular formula is C13H5F3N4O. The first-order valence-corrected chi connectivity index (χ1v) is 5.41. The number of benzene rings is 1. The molecule has 21 heavy (non-hydrogen) atoms. The van der Waals surface area contributed by atoms with E-state index in [0.717, 1.165) is 0 Å². The Morgan fingerprint density at radius 2 is 1.57 bits per heavy atom. The molecule has 0 fully saturated rings. The molecule has 1 aromatic carbocycles. The second-order valence-electron chi connectivity index (χ2n) is 3.97. The predicted molar refractivity (Wildman–Crippen MR) is 66.2 cm³/mol. The van der Waals surface area contributed by atoms with Crippen LogP contribution in [0.4, 0.5) is 19.0 Å². The van der Waals surface area contributed by atoms with Crippen LogP contribution in [0, 0.1) is 40.1 Å². The van der Waals surface area contributed by atoms with E-state index in [1.54, 1.807) is 6.07 Å². The van der Waals surface area contributed by atoms with Gasteiger partial charge >= 0.3 is 0 Å². The molecule has 0 aliphatic rings. The van der Waals surface area contributed by atoms with E-state index < -0.39 is 28.6 Å². The van der Waals surface area contributed by atoms with Crippen LogP contribution in [0.1, 0.15) is 11.1 Å². The Morgan fingerprint density at radius 3 is 2.05 bits per heavy atom. The molecule has 1 aromatic heterocycles. The minimum atomic E-state index is -1.70. The molecule has 8 heteroatoms. The van der Waals surface area contributed by atoms with Gasteiger partial charge in [-0.15, -0.1) is 0 Å². The summed E-state index contributed by atoms with van der Waals surface area (Å²) in [5, 5.41) is 18.0. The maximum absolute atomic E-state index is 13.3. The van der Waals surface area contributed by atoms with E-state index in [9.17, 15) is 18.0 Å². The number of rotatable bonds is 1. The number of aromatic amines is 1. The van der Waals surface area contributed by atoms with Crippen molar-refractivity contribution >= 4 is 5.82 Å². The fraction of sp³-hybridized carbons (Fsp3) is 0. The SMILES string of the molecule is N#Cc1c(N)[nH]c(=O)c(C#N)c1-c1cc(F)c(F)c(F)c1. The number of anilines is 1. The van der Waals surface area contributed by atoms with Crippen molar-refractivity contribution in [1.82, 2.24) is 4.98 Å². The largest absolute Gasteiger partial charge is 0.384 e. The first-order chi connectivity index (χ1) is 9.90. The molecule has 0 aliphatic heterocycles. The summed E-state index contributed by atoms with van der Waals surface area (Å²) in [6, 6.07) is 4.32. The Hall–Kier alpha value is -3.26. The van der Waals surface area contributed by atoms with E-state index in [-0.39, 0.29) is 22.5 Å². The number of aromatic nitrogens is 1. The smallest absolute Gasteiger partial charge is 0.268 e. The number of nitrogens with two attached hydrogens (primary N) is 1. The number of H-pyrrole nitrogens is 1. The van der Waals surface area contributed by atoms with Crippen LogP contribution in [0.25, 0.3) is 11.1 Å². The third-order valence-electron chi connectivity index (χ3n) is 2.74. The molecule has 1 heterocycles. The molecule has 0 saturated carbocycles. The Balaban J connectivity index is 2.97. The summed E-state index contributed by atoms with van der Waals surface area (Å²) in [6.07, 6.45) is 0. The van der Waals surface area contributed by atoms with Gasteiger partial charge in [-0.1, -0.05) is 0 Å². The number of nitrogen functional groups attached to an aromatic ring is 1. The lowest BCUT2D eigenvalue weighted by molar-refractivity contribution is 0.447. The number of halogens is 3. The van der Waals surface area contributed by atoms with E-state index >= 15 is 0 Å². The Labute approximate surface area is 115 Å². The van der Waals surface area contributed by atoms with Crippen molar-refractivity contribution < 1.29 is 13.2 Å². The standard InChI is InChI=1S/C13H5F3N4O/c14-8-1-5(2-9(15)11(8)16)10-6(3-17)12(19)20-13(21)7(10)4-18/h1-2H,(H3,19,20,21). The van der Waals surface area contributed by atoms with Crippen LogP contribution < -0.4 is 11.3 Å². The van der Waals surface area contributed by atoms with Crippen molar-refractivity contribution in [3.8, 4) is 23.3 Å². The second kappa shape index (κ2) is 5.02. The topological polar surface area (TPSA) is 106 Å². The quantitative estimate of drug-likeness (QED) is 0.780. The average Bonchev–Trinajstić information content (AvgIpc) is 2.43. The predicted octanol–water partition coefficient (Wildman–Crippen LogP) is 1.78. The lowest BCUT2D eigenvalue weighted by Gasteiger charge is -2.09. The Bertz CT molecular complexity index is 867. The molecule has 5 nitrogen and oxygen atoms in total. The summed E-state index contributed by atoms with van der Waals surface area (Å²) in [6.45, 7) is 0. The molecule has 2 aromatic rings. The molecule has 0 amide bonds. The molecule has 0 aliphatic carbocycles. The first-order valence-electron chi connectivity index (χ1n) is 5.41. The van der Waals surface area contributed by atoms with Crippen LogP contribution in [-0.2, 0) is 0 Å². The first kappa shape index (κ1) is 14.2. The highest BCUT2D eigenvalue weighted by molar-refractivity contribution is 5.80. The molecular weight excluding hydrogens is 285 g/mol. The molecule has 0 unspecified atom stereocenters. The third-order valence-corrected chi connectivity index (χ3v) is 2.74. The van der Waals surface area contributed by atoms with Gasteiger partial charge < -0.3 is 10.7 Å². The fourth-order valence-corrected chi connectivity index (χ4v) is 1.83. The van der Waals surface area contributed by atoms with Gasteiger partial charge in [0, 0.05) is 5.56 Å². The van der Waals surface area contributed by atoms with Crippen LogP contribution in [-0.4, -0.2) is 4.98 Å². The molecule has 0 saturated heterocycles. The van der Waals surface area contributed by atoms with Gasteiger partial charge in [0.2, 0.25) is 0 Å². The highest BCUT2D eigenvalue weighted by Gasteiger charge is 2.21. The van der Waals surface area contributed by atoms with Crippen molar-refractivity contribution in [2.75, 3.05) is 5.73 Å². The van der Waals surface area contributed by atoms with Gasteiger partial charge in [-0.2, -0.15) is 10.5 Å². The number of hydrogen-bond acceptors (Lipinski definition) is 4. The maximum Gasteiger partial charge on any atom is 0.268 e. The van der Waals surface area contributed by atoms with Crippen LogP contribution >= 0.6 is 0 Å². The molecule has 0 spiro atoms. The summed E-state index contributed by atoms with van der Waals surface area (Å²) in [5.74, 6) is -5.09. The highest BCUT2D eigenvalue weighted by Crippen LogP contribution is 2.30. The van der Waals surface area contributed by atoms with Crippen molar-refractivity contribution in [3.05, 3.63) is 51.1 Å². The minimum absolute atomic E-state index is 0.336. The molecule has 0 bridgehead atoms. The third kappa shape index (κ3) is 2.19.